The molecule has 9 nitrogen and oxygen atoms in total. The Morgan fingerprint density at radius 1 is 1.48 bits per heavy atom. The molecule has 1 unspecified atom stereocenters. The third-order valence-corrected chi connectivity index (χ3v) is 4.24. The summed E-state index contributed by atoms with van der Waals surface area (Å²) in [6.07, 6.45) is -3.33. The Morgan fingerprint density at radius 2 is 2.14 bits per heavy atom. The first-order valence-corrected chi connectivity index (χ1v) is 6.67. The van der Waals surface area contributed by atoms with E-state index in [1.54, 1.807) is 0 Å². The Labute approximate surface area is 119 Å². The van der Waals surface area contributed by atoms with Gasteiger partial charge in [-0.05, 0) is 12.8 Å². The molecule has 1 aromatic heterocycles. The summed E-state index contributed by atoms with van der Waals surface area (Å²) in [6, 6.07) is 0. The maximum Gasteiger partial charge on any atom is 0.229 e. The topological polar surface area (TPSA) is 168 Å². The zero-order valence-corrected chi connectivity index (χ0v) is 11.1. The van der Waals surface area contributed by atoms with E-state index >= 15 is 0 Å². The second-order valence-electron chi connectivity index (χ2n) is 5.62. The highest BCUT2D eigenvalue weighted by molar-refractivity contribution is 5.89. The van der Waals surface area contributed by atoms with Gasteiger partial charge in [-0.1, -0.05) is 0 Å². The van der Waals surface area contributed by atoms with Crippen LogP contribution in [0.4, 0.5) is 0 Å². The lowest BCUT2D eigenvalue weighted by Crippen LogP contribution is -2.43. The van der Waals surface area contributed by atoms with E-state index in [1.165, 1.54) is 6.20 Å². The molecule has 5 atom stereocenters. The van der Waals surface area contributed by atoms with Crippen LogP contribution < -0.4 is 11.5 Å². The SMILES string of the molecule is NC(=O)C1(c2cnc([C@@H]3O[C@H](C(N)O)[C@@H](O)[C@H]3O)[nH]2)CC1. The van der Waals surface area contributed by atoms with Gasteiger partial charge in [-0.15, -0.1) is 0 Å². The molecule has 116 valence electrons. The minimum atomic E-state index is -1.42. The van der Waals surface area contributed by atoms with Crippen LogP contribution >= 0.6 is 0 Å². The highest BCUT2D eigenvalue weighted by Gasteiger charge is 2.52. The van der Waals surface area contributed by atoms with Crippen LogP contribution in [0.2, 0.25) is 0 Å². The van der Waals surface area contributed by atoms with Gasteiger partial charge in [0.1, 0.15) is 36.5 Å². The van der Waals surface area contributed by atoms with Crippen LogP contribution in [0.3, 0.4) is 0 Å². The normalized spacial score (nSPS) is 35.6. The molecule has 8 N–H and O–H groups in total. The number of aromatic amines is 1. The van der Waals surface area contributed by atoms with Gasteiger partial charge in [-0.3, -0.25) is 4.79 Å². The van der Waals surface area contributed by atoms with Crippen molar-refractivity contribution in [1.29, 1.82) is 0 Å². The van der Waals surface area contributed by atoms with Gasteiger partial charge < -0.3 is 36.5 Å². The molecule has 9 heteroatoms. The van der Waals surface area contributed by atoms with E-state index in [1.807, 2.05) is 0 Å². The van der Waals surface area contributed by atoms with Gasteiger partial charge >= 0.3 is 0 Å². The van der Waals surface area contributed by atoms with Crippen molar-refractivity contribution in [2.45, 2.75) is 48.9 Å². The van der Waals surface area contributed by atoms with E-state index in [-0.39, 0.29) is 5.82 Å². The zero-order chi connectivity index (χ0) is 15.4. The van der Waals surface area contributed by atoms with Gasteiger partial charge in [0, 0.05) is 6.20 Å². The number of imidazole rings is 1. The Bertz CT molecular complexity index is 556. The summed E-state index contributed by atoms with van der Waals surface area (Å²) in [5.74, 6) is -0.173. The van der Waals surface area contributed by atoms with Crippen molar-refractivity contribution in [2.75, 3.05) is 0 Å². The van der Waals surface area contributed by atoms with Crippen molar-refractivity contribution in [1.82, 2.24) is 9.97 Å². The van der Waals surface area contributed by atoms with Crippen molar-refractivity contribution >= 4 is 5.91 Å². The third kappa shape index (κ3) is 2.14. The minimum absolute atomic E-state index is 0.257. The summed E-state index contributed by atoms with van der Waals surface area (Å²) in [4.78, 5) is 18.5. The Hall–Kier alpha value is -1.52. The summed E-state index contributed by atoms with van der Waals surface area (Å²) in [5, 5.41) is 29.1. The number of nitrogens with one attached hydrogen (secondary N) is 1. The van der Waals surface area contributed by atoms with Crippen molar-refractivity contribution < 1.29 is 24.9 Å². The number of nitrogens with two attached hydrogens (primary N) is 2. The van der Waals surface area contributed by atoms with Crippen LogP contribution in [0.25, 0.3) is 0 Å². The second-order valence-corrected chi connectivity index (χ2v) is 5.62. The molecule has 2 fully saturated rings. The lowest BCUT2D eigenvalue weighted by Gasteiger charge is -2.16. The van der Waals surface area contributed by atoms with Crippen LogP contribution in [0.15, 0.2) is 6.20 Å². The van der Waals surface area contributed by atoms with Gasteiger partial charge in [-0.25, -0.2) is 4.98 Å². The molecule has 2 aliphatic rings. The number of H-pyrrole nitrogens is 1. The molecule has 21 heavy (non-hydrogen) atoms. The zero-order valence-electron chi connectivity index (χ0n) is 11.1. The summed E-state index contributed by atoms with van der Waals surface area (Å²) in [5.41, 5.74) is 10.5. The molecule has 0 radical (unpaired) electrons. The smallest absolute Gasteiger partial charge is 0.229 e. The molecule has 0 bridgehead atoms. The van der Waals surface area contributed by atoms with Crippen molar-refractivity contribution in [2.24, 2.45) is 11.5 Å². The molecule has 3 rings (SSSR count). The van der Waals surface area contributed by atoms with Crippen LogP contribution in [-0.4, -0.2) is 55.7 Å². The van der Waals surface area contributed by atoms with Gasteiger partial charge in [0.25, 0.3) is 0 Å². The molecule has 1 amide bonds. The quantitative estimate of drug-likeness (QED) is 0.330. The van der Waals surface area contributed by atoms with Crippen molar-refractivity contribution in [3.05, 3.63) is 17.7 Å². The number of ether oxygens (including phenoxy) is 1. The third-order valence-electron chi connectivity index (χ3n) is 4.24. The van der Waals surface area contributed by atoms with Crippen molar-refractivity contribution in [3.63, 3.8) is 0 Å². The second kappa shape index (κ2) is 4.75. The van der Waals surface area contributed by atoms with E-state index in [0.717, 1.165) is 0 Å². The number of aliphatic hydroxyl groups excluding tert-OH is 3. The molecule has 0 aromatic carbocycles. The highest BCUT2D eigenvalue weighted by Crippen LogP contribution is 2.47. The van der Waals surface area contributed by atoms with E-state index in [4.69, 9.17) is 16.2 Å². The summed E-state index contributed by atoms with van der Waals surface area (Å²) in [6.45, 7) is 0. The summed E-state index contributed by atoms with van der Waals surface area (Å²) in [7, 11) is 0. The van der Waals surface area contributed by atoms with Gasteiger partial charge in [0.2, 0.25) is 5.91 Å². The predicted molar refractivity (Wildman–Crippen MR) is 68.5 cm³/mol. The van der Waals surface area contributed by atoms with Gasteiger partial charge in [-0.2, -0.15) is 0 Å². The lowest BCUT2D eigenvalue weighted by atomic mass is 10.0. The fourth-order valence-electron chi connectivity index (χ4n) is 2.71. The standard InChI is InChI=1S/C12H18N4O5/c13-9(19)7-5(17)6(18)8(21-7)10-15-3-4(16-10)12(1-2-12)11(14)20/h3,5-9,17-19H,1-2,13H2,(H2,14,20)(H,15,16)/t5-,6+,7-,8+,9?/m0/s1. The van der Waals surface area contributed by atoms with Crippen LogP contribution in [0.5, 0.6) is 0 Å². The monoisotopic (exact) mass is 298 g/mol. The number of carbonyl (C=O) groups excluding carboxylic acids is 1. The largest absolute Gasteiger partial charge is 0.387 e. The summed E-state index contributed by atoms with van der Waals surface area (Å²) >= 11 is 0. The molecule has 2 heterocycles. The molecule has 1 aromatic rings. The maximum atomic E-state index is 11.5. The Kier molecular flexibility index (Phi) is 3.26. The fraction of sp³-hybridized carbons (Fsp3) is 0.667. The number of nitrogens with zero attached hydrogens (tertiary/aromatic N) is 1. The number of aromatic nitrogens is 2. The molecular weight excluding hydrogens is 280 g/mol. The predicted octanol–water partition coefficient (Wildman–Crippen LogP) is -2.63. The average molecular weight is 298 g/mol. The van der Waals surface area contributed by atoms with Crippen LogP contribution in [0, 0.1) is 0 Å². The molecule has 1 saturated carbocycles. The maximum absolute atomic E-state index is 11.5. The van der Waals surface area contributed by atoms with Gasteiger partial charge in [0.15, 0.2) is 0 Å². The number of aliphatic hydroxyl groups is 3. The average Bonchev–Trinajstić information content (AvgIpc) is 3.01. The minimum Gasteiger partial charge on any atom is -0.387 e. The van der Waals surface area contributed by atoms with Crippen LogP contribution in [-0.2, 0) is 14.9 Å². The first-order chi connectivity index (χ1) is 9.86. The number of hydrogen-bond donors (Lipinski definition) is 6. The summed E-state index contributed by atoms with van der Waals surface area (Å²) < 4.78 is 5.36. The number of carbonyl (C=O) groups is 1. The molecule has 1 saturated heterocycles. The van der Waals surface area contributed by atoms with E-state index in [0.29, 0.717) is 18.5 Å². The number of amides is 1. The van der Waals surface area contributed by atoms with Crippen LogP contribution in [0.1, 0.15) is 30.5 Å². The molecular formula is C12H18N4O5. The number of hydrogen-bond acceptors (Lipinski definition) is 7. The fourth-order valence-corrected chi connectivity index (χ4v) is 2.71. The molecule has 1 aliphatic heterocycles. The number of primary amides is 1. The Balaban J connectivity index is 1.83. The first kappa shape index (κ1) is 14.4. The van der Waals surface area contributed by atoms with Crippen molar-refractivity contribution in [3.8, 4) is 0 Å². The molecule has 0 spiro atoms. The van der Waals surface area contributed by atoms with Gasteiger partial charge in [0.05, 0.1) is 11.1 Å². The Morgan fingerprint density at radius 3 is 2.62 bits per heavy atom. The van der Waals surface area contributed by atoms with E-state index in [9.17, 15) is 20.1 Å². The lowest BCUT2D eigenvalue weighted by molar-refractivity contribution is -0.120. The number of rotatable bonds is 4. The molecule has 1 aliphatic carbocycles. The highest BCUT2D eigenvalue weighted by atomic mass is 16.6. The first-order valence-electron chi connectivity index (χ1n) is 6.67. The van der Waals surface area contributed by atoms with E-state index < -0.39 is 42.0 Å². The van der Waals surface area contributed by atoms with E-state index in [2.05, 4.69) is 9.97 Å².